The Morgan fingerprint density at radius 1 is 1.00 bits per heavy atom. The van der Waals surface area contributed by atoms with Gasteiger partial charge in [0.15, 0.2) is 0 Å². The average molecular weight is 378 g/mol. The SMILES string of the molecule is O=C(CSCc1cccc(Cl)c1)Nc1cc(C(=O)[O-])cc(C(=O)[O-])c1. The Bertz CT molecular complexity index is 792. The average Bonchev–Trinajstić information content (AvgIpc) is 2.54. The third-order valence-electron chi connectivity index (χ3n) is 3.08. The van der Waals surface area contributed by atoms with Crippen LogP contribution in [0.4, 0.5) is 5.69 Å². The number of hydrogen-bond acceptors (Lipinski definition) is 6. The van der Waals surface area contributed by atoms with Crippen LogP contribution in [0.1, 0.15) is 26.3 Å². The number of amides is 1. The molecule has 6 nitrogen and oxygen atoms in total. The van der Waals surface area contributed by atoms with Crippen LogP contribution in [0, 0.1) is 0 Å². The summed E-state index contributed by atoms with van der Waals surface area (Å²) in [5, 5.41) is 24.9. The lowest BCUT2D eigenvalue weighted by molar-refractivity contribution is -0.255. The lowest BCUT2D eigenvalue weighted by Gasteiger charge is -2.12. The van der Waals surface area contributed by atoms with E-state index in [9.17, 15) is 24.6 Å². The van der Waals surface area contributed by atoms with Crippen LogP contribution in [-0.4, -0.2) is 23.6 Å². The standard InChI is InChI=1S/C17H14ClNO5S/c18-13-3-1-2-10(4-13)8-25-9-15(20)19-14-6-11(16(21)22)5-12(7-14)17(23)24/h1-7H,8-9H2,(H,19,20)(H,21,22)(H,23,24)/p-2. The number of carbonyl (C=O) groups excluding carboxylic acids is 3. The van der Waals surface area contributed by atoms with Crippen LogP contribution in [0.3, 0.4) is 0 Å². The minimum absolute atomic E-state index is 0.0502. The Labute approximate surface area is 152 Å². The van der Waals surface area contributed by atoms with Gasteiger partial charge in [-0.1, -0.05) is 23.7 Å². The first kappa shape index (κ1) is 18.8. The molecule has 2 rings (SSSR count). The number of carbonyl (C=O) groups is 3. The predicted molar refractivity (Wildman–Crippen MR) is 91.3 cm³/mol. The molecule has 0 aromatic heterocycles. The van der Waals surface area contributed by atoms with Gasteiger partial charge in [0.2, 0.25) is 5.91 Å². The molecule has 1 N–H and O–H groups in total. The van der Waals surface area contributed by atoms with Crippen LogP contribution in [0.5, 0.6) is 0 Å². The summed E-state index contributed by atoms with van der Waals surface area (Å²) in [7, 11) is 0. The van der Waals surface area contributed by atoms with E-state index >= 15 is 0 Å². The van der Waals surface area contributed by atoms with Crippen LogP contribution in [-0.2, 0) is 10.5 Å². The quantitative estimate of drug-likeness (QED) is 0.769. The molecule has 0 fully saturated rings. The Morgan fingerprint density at radius 3 is 2.20 bits per heavy atom. The van der Waals surface area contributed by atoms with Crippen LogP contribution < -0.4 is 15.5 Å². The van der Waals surface area contributed by atoms with Gasteiger partial charge in [-0.3, -0.25) is 4.79 Å². The summed E-state index contributed by atoms with van der Waals surface area (Å²) < 4.78 is 0. The van der Waals surface area contributed by atoms with Gasteiger partial charge in [-0.2, -0.15) is 0 Å². The van der Waals surface area contributed by atoms with Crippen LogP contribution in [0.15, 0.2) is 42.5 Å². The summed E-state index contributed by atoms with van der Waals surface area (Å²) in [5.74, 6) is -2.82. The summed E-state index contributed by atoms with van der Waals surface area (Å²) in [6.45, 7) is 0. The normalized spacial score (nSPS) is 10.3. The van der Waals surface area contributed by atoms with E-state index in [1.807, 2.05) is 12.1 Å². The predicted octanol–water partition coefficient (Wildman–Crippen LogP) is 0.939. The van der Waals surface area contributed by atoms with E-state index in [2.05, 4.69) is 5.32 Å². The van der Waals surface area contributed by atoms with Crippen molar-refractivity contribution in [2.75, 3.05) is 11.1 Å². The molecule has 0 aliphatic rings. The van der Waals surface area contributed by atoms with Crippen LogP contribution >= 0.6 is 23.4 Å². The maximum Gasteiger partial charge on any atom is 0.234 e. The molecule has 0 radical (unpaired) electrons. The van der Waals surface area contributed by atoms with Crippen molar-refractivity contribution in [1.29, 1.82) is 0 Å². The van der Waals surface area contributed by atoms with Gasteiger partial charge in [-0.15, -0.1) is 11.8 Å². The van der Waals surface area contributed by atoms with Gasteiger partial charge in [-0.05, 0) is 47.0 Å². The summed E-state index contributed by atoms with van der Waals surface area (Å²) in [5.41, 5.74) is 0.296. The van der Waals surface area contributed by atoms with Gasteiger partial charge in [0.25, 0.3) is 0 Å². The smallest absolute Gasteiger partial charge is 0.234 e. The maximum atomic E-state index is 11.9. The first-order valence-electron chi connectivity index (χ1n) is 7.05. The number of hydrogen-bond donors (Lipinski definition) is 1. The maximum absolute atomic E-state index is 11.9. The Balaban J connectivity index is 1.97. The zero-order valence-electron chi connectivity index (χ0n) is 12.8. The zero-order valence-corrected chi connectivity index (χ0v) is 14.4. The van der Waals surface area contributed by atoms with E-state index in [1.165, 1.54) is 11.8 Å². The van der Waals surface area contributed by atoms with E-state index in [0.29, 0.717) is 10.8 Å². The number of anilines is 1. The zero-order chi connectivity index (χ0) is 18.4. The Hall–Kier alpha value is -2.51. The molecule has 2 aromatic carbocycles. The van der Waals surface area contributed by atoms with Crippen molar-refractivity contribution in [3.05, 3.63) is 64.2 Å². The first-order valence-corrected chi connectivity index (χ1v) is 8.58. The van der Waals surface area contributed by atoms with E-state index in [1.54, 1.807) is 12.1 Å². The number of carboxylic acids is 2. The van der Waals surface area contributed by atoms with Gasteiger partial charge in [-0.25, -0.2) is 0 Å². The van der Waals surface area contributed by atoms with Gasteiger partial charge in [0.1, 0.15) is 0 Å². The molecule has 0 heterocycles. The fourth-order valence-corrected chi connectivity index (χ4v) is 3.01. The molecule has 0 aliphatic carbocycles. The molecule has 25 heavy (non-hydrogen) atoms. The van der Waals surface area contributed by atoms with Gasteiger partial charge in [0.05, 0.1) is 17.7 Å². The minimum Gasteiger partial charge on any atom is -0.545 e. The largest absolute Gasteiger partial charge is 0.545 e. The van der Waals surface area contributed by atoms with Crippen molar-refractivity contribution in [3.8, 4) is 0 Å². The molecule has 1 amide bonds. The van der Waals surface area contributed by atoms with Crippen molar-refractivity contribution < 1.29 is 24.6 Å². The molecule has 0 saturated carbocycles. The van der Waals surface area contributed by atoms with E-state index in [4.69, 9.17) is 11.6 Å². The molecule has 0 spiro atoms. The fraction of sp³-hybridized carbons (Fsp3) is 0.118. The van der Waals surface area contributed by atoms with E-state index in [-0.39, 0.29) is 22.6 Å². The number of aromatic carboxylic acids is 2. The van der Waals surface area contributed by atoms with E-state index in [0.717, 1.165) is 23.8 Å². The lowest BCUT2D eigenvalue weighted by atomic mass is 10.1. The molecule has 0 bridgehead atoms. The first-order chi connectivity index (χ1) is 11.8. The number of thioether (sulfide) groups is 1. The second kappa shape index (κ2) is 8.55. The van der Waals surface area contributed by atoms with Crippen LogP contribution in [0.25, 0.3) is 0 Å². The summed E-state index contributed by atoms with van der Waals surface area (Å²) in [6, 6.07) is 10.4. The highest BCUT2D eigenvalue weighted by Gasteiger charge is 2.07. The monoisotopic (exact) mass is 377 g/mol. The van der Waals surface area contributed by atoms with Crippen molar-refractivity contribution in [1.82, 2.24) is 0 Å². The summed E-state index contributed by atoms with van der Waals surface area (Å²) >= 11 is 7.22. The molecule has 8 heteroatoms. The highest BCUT2D eigenvalue weighted by molar-refractivity contribution is 7.99. The number of benzene rings is 2. The van der Waals surface area contributed by atoms with Crippen molar-refractivity contribution in [2.45, 2.75) is 5.75 Å². The lowest BCUT2D eigenvalue weighted by Crippen LogP contribution is -2.26. The Morgan fingerprint density at radius 2 is 1.64 bits per heavy atom. The third kappa shape index (κ3) is 5.81. The Kier molecular flexibility index (Phi) is 6.44. The molecular formula is C17H12ClNO5S-2. The van der Waals surface area contributed by atoms with Crippen molar-refractivity contribution in [2.24, 2.45) is 0 Å². The molecule has 130 valence electrons. The summed E-state index contributed by atoms with van der Waals surface area (Å²) in [6.07, 6.45) is 0. The molecule has 0 saturated heterocycles. The molecule has 0 atom stereocenters. The number of halogens is 1. The van der Waals surface area contributed by atoms with Crippen LogP contribution in [0.2, 0.25) is 5.02 Å². The van der Waals surface area contributed by atoms with Gasteiger partial charge in [0, 0.05) is 16.5 Å². The summed E-state index contributed by atoms with van der Waals surface area (Å²) in [4.78, 5) is 33.8. The van der Waals surface area contributed by atoms with Crippen molar-refractivity contribution >= 4 is 46.9 Å². The highest BCUT2D eigenvalue weighted by atomic mass is 35.5. The second-order valence-corrected chi connectivity index (χ2v) is 6.47. The van der Waals surface area contributed by atoms with Gasteiger partial charge >= 0.3 is 0 Å². The molecule has 0 unspecified atom stereocenters. The number of carboxylic acid groups (broad SMARTS) is 2. The molecule has 2 aromatic rings. The van der Waals surface area contributed by atoms with Gasteiger partial charge < -0.3 is 25.1 Å². The number of rotatable bonds is 7. The highest BCUT2D eigenvalue weighted by Crippen LogP contribution is 2.18. The second-order valence-electron chi connectivity index (χ2n) is 5.04. The molecule has 0 aliphatic heterocycles. The van der Waals surface area contributed by atoms with E-state index < -0.39 is 17.8 Å². The van der Waals surface area contributed by atoms with Crippen molar-refractivity contribution in [3.63, 3.8) is 0 Å². The number of nitrogens with one attached hydrogen (secondary N) is 1. The molecular weight excluding hydrogens is 366 g/mol. The fourth-order valence-electron chi connectivity index (χ4n) is 2.02. The third-order valence-corrected chi connectivity index (χ3v) is 4.32. The minimum atomic E-state index is -1.55. The topological polar surface area (TPSA) is 109 Å².